The summed E-state index contributed by atoms with van der Waals surface area (Å²) >= 11 is 0. The average Bonchev–Trinajstić information content (AvgIpc) is 2.66. The third-order valence-corrected chi connectivity index (χ3v) is 3.96. The molecule has 2 amide bonds. The number of carbonyl (C=O) groups excluding carboxylic acids is 2. The van der Waals surface area contributed by atoms with E-state index in [0.717, 1.165) is 5.56 Å². The van der Waals surface area contributed by atoms with E-state index in [9.17, 15) is 9.59 Å². The Morgan fingerprint density at radius 2 is 1.65 bits per heavy atom. The lowest BCUT2D eigenvalue weighted by atomic mass is 10.0. The lowest BCUT2D eigenvalue weighted by molar-refractivity contribution is -0.136. The minimum atomic E-state index is -0.768. The number of hydrogen-bond donors (Lipinski definition) is 2. The SMILES string of the molecule is COc1ccc(OC)c(NC(=O)C(=O)NCc2ccc(C(C)C)cc2)c1. The van der Waals surface area contributed by atoms with Gasteiger partial charge in [-0.15, -0.1) is 0 Å². The van der Waals surface area contributed by atoms with E-state index in [1.807, 2.05) is 24.3 Å². The summed E-state index contributed by atoms with van der Waals surface area (Å²) < 4.78 is 10.3. The van der Waals surface area contributed by atoms with Gasteiger partial charge in [-0.3, -0.25) is 9.59 Å². The summed E-state index contributed by atoms with van der Waals surface area (Å²) in [6.45, 7) is 4.52. The quantitative estimate of drug-likeness (QED) is 0.780. The molecule has 2 aromatic rings. The normalized spacial score (nSPS) is 10.3. The first-order chi connectivity index (χ1) is 12.4. The molecule has 0 heterocycles. The molecule has 0 fully saturated rings. The molecule has 2 aromatic carbocycles. The third-order valence-electron chi connectivity index (χ3n) is 3.96. The second kappa shape index (κ2) is 8.89. The van der Waals surface area contributed by atoms with Crippen LogP contribution in [-0.4, -0.2) is 26.0 Å². The highest BCUT2D eigenvalue weighted by molar-refractivity contribution is 6.39. The van der Waals surface area contributed by atoms with Crippen LogP contribution in [0, 0.1) is 0 Å². The van der Waals surface area contributed by atoms with Crippen LogP contribution >= 0.6 is 0 Å². The molecule has 26 heavy (non-hydrogen) atoms. The van der Waals surface area contributed by atoms with Crippen LogP contribution in [-0.2, 0) is 16.1 Å². The van der Waals surface area contributed by atoms with Crippen molar-refractivity contribution < 1.29 is 19.1 Å². The molecular formula is C20H24N2O4. The van der Waals surface area contributed by atoms with Crippen LogP contribution in [0.3, 0.4) is 0 Å². The Bertz CT molecular complexity index is 770. The van der Waals surface area contributed by atoms with Gasteiger partial charge in [0.05, 0.1) is 19.9 Å². The third kappa shape index (κ3) is 4.99. The van der Waals surface area contributed by atoms with Crippen LogP contribution in [0.1, 0.15) is 30.9 Å². The highest BCUT2D eigenvalue weighted by atomic mass is 16.5. The van der Waals surface area contributed by atoms with Crippen molar-refractivity contribution in [3.8, 4) is 11.5 Å². The average molecular weight is 356 g/mol. The Morgan fingerprint density at radius 1 is 0.962 bits per heavy atom. The molecule has 6 nitrogen and oxygen atoms in total. The highest BCUT2D eigenvalue weighted by Crippen LogP contribution is 2.28. The molecule has 6 heteroatoms. The van der Waals surface area contributed by atoms with E-state index in [0.29, 0.717) is 23.1 Å². The zero-order chi connectivity index (χ0) is 19.1. The summed E-state index contributed by atoms with van der Waals surface area (Å²) in [7, 11) is 3.00. The van der Waals surface area contributed by atoms with Crippen molar-refractivity contribution in [1.82, 2.24) is 5.32 Å². The predicted molar refractivity (Wildman–Crippen MR) is 101 cm³/mol. The maximum Gasteiger partial charge on any atom is 0.313 e. The van der Waals surface area contributed by atoms with E-state index >= 15 is 0 Å². The molecule has 0 aliphatic heterocycles. The zero-order valence-electron chi connectivity index (χ0n) is 15.5. The first-order valence-electron chi connectivity index (χ1n) is 8.34. The van der Waals surface area contributed by atoms with E-state index in [-0.39, 0.29) is 6.54 Å². The monoisotopic (exact) mass is 356 g/mol. The summed E-state index contributed by atoms with van der Waals surface area (Å²) in [4.78, 5) is 24.2. The second-order valence-corrected chi connectivity index (χ2v) is 6.10. The maximum absolute atomic E-state index is 12.1. The fraction of sp³-hybridized carbons (Fsp3) is 0.300. The van der Waals surface area contributed by atoms with E-state index in [4.69, 9.17) is 9.47 Å². The maximum atomic E-state index is 12.1. The highest BCUT2D eigenvalue weighted by Gasteiger charge is 2.16. The molecule has 0 saturated heterocycles. The fourth-order valence-electron chi connectivity index (χ4n) is 2.37. The van der Waals surface area contributed by atoms with E-state index in [1.54, 1.807) is 18.2 Å². The van der Waals surface area contributed by atoms with Gasteiger partial charge in [0.25, 0.3) is 0 Å². The van der Waals surface area contributed by atoms with Crippen molar-refractivity contribution in [1.29, 1.82) is 0 Å². The van der Waals surface area contributed by atoms with Gasteiger partial charge >= 0.3 is 11.8 Å². The van der Waals surface area contributed by atoms with E-state index in [1.165, 1.54) is 19.8 Å². The fourth-order valence-corrected chi connectivity index (χ4v) is 2.37. The number of ether oxygens (including phenoxy) is 2. The van der Waals surface area contributed by atoms with E-state index in [2.05, 4.69) is 24.5 Å². The van der Waals surface area contributed by atoms with Gasteiger partial charge in [0.2, 0.25) is 0 Å². The smallest absolute Gasteiger partial charge is 0.313 e. The number of benzene rings is 2. The van der Waals surface area contributed by atoms with Crippen molar-refractivity contribution in [3.05, 3.63) is 53.6 Å². The molecule has 0 atom stereocenters. The molecule has 2 N–H and O–H groups in total. The van der Waals surface area contributed by atoms with Crippen LogP contribution in [0.25, 0.3) is 0 Å². The summed E-state index contributed by atoms with van der Waals surface area (Å²) in [6.07, 6.45) is 0. The van der Waals surface area contributed by atoms with Gasteiger partial charge in [-0.25, -0.2) is 0 Å². The van der Waals surface area contributed by atoms with Gasteiger partial charge in [0, 0.05) is 12.6 Å². The van der Waals surface area contributed by atoms with Crippen molar-refractivity contribution >= 4 is 17.5 Å². The lowest BCUT2D eigenvalue weighted by Crippen LogP contribution is -2.35. The summed E-state index contributed by atoms with van der Waals surface area (Å²) in [5, 5.41) is 5.15. The number of amides is 2. The van der Waals surface area contributed by atoms with Crippen molar-refractivity contribution in [2.75, 3.05) is 19.5 Å². The molecule has 0 saturated carbocycles. The minimum absolute atomic E-state index is 0.278. The number of rotatable bonds is 6. The number of methoxy groups -OCH3 is 2. The topological polar surface area (TPSA) is 76.7 Å². The molecule has 0 unspecified atom stereocenters. The van der Waals surface area contributed by atoms with Gasteiger partial charge in [-0.2, -0.15) is 0 Å². The largest absolute Gasteiger partial charge is 0.497 e. The standard InChI is InChI=1S/C20H24N2O4/c1-13(2)15-7-5-14(6-8-15)12-21-19(23)20(24)22-17-11-16(25-3)9-10-18(17)26-4/h5-11,13H,12H2,1-4H3,(H,21,23)(H,22,24). The van der Waals surface area contributed by atoms with Crippen LogP contribution < -0.4 is 20.1 Å². The second-order valence-electron chi connectivity index (χ2n) is 6.10. The van der Waals surface area contributed by atoms with Crippen LogP contribution in [0.5, 0.6) is 11.5 Å². The Kier molecular flexibility index (Phi) is 6.60. The van der Waals surface area contributed by atoms with Crippen molar-refractivity contribution in [2.24, 2.45) is 0 Å². The Morgan fingerprint density at radius 3 is 2.23 bits per heavy atom. The van der Waals surface area contributed by atoms with Crippen LogP contribution in [0.4, 0.5) is 5.69 Å². The molecule has 138 valence electrons. The van der Waals surface area contributed by atoms with Crippen molar-refractivity contribution in [3.63, 3.8) is 0 Å². The number of anilines is 1. The van der Waals surface area contributed by atoms with Gasteiger partial charge in [0.15, 0.2) is 0 Å². The van der Waals surface area contributed by atoms with E-state index < -0.39 is 11.8 Å². The van der Waals surface area contributed by atoms with Crippen LogP contribution in [0.15, 0.2) is 42.5 Å². The number of nitrogens with one attached hydrogen (secondary N) is 2. The Balaban J connectivity index is 1.96. The molecule has 0 spiro atoms. The van der Waals surface area contributed by atoms with Gasteiger partial charge in [0.1, 0.15) is 11.5 Å². The van der Waals surface area contributed by atoms with Gasteiger partial charge in [-0.1, -0.05) is 38.1 Å². The molecular weight excluding hydrogens is 332 g/mol. The summed E-state index contributed by atoms with van der Waals surface area (Å²) in [6, 6.07) is 12.9. The number of hydrogen-bond acceptors (Lipinski definition) is 4. The summed E-state index contributed by atoms with van der Waals surface area (Å²) in [5.41, 5.74) is 2.52. The Hall–Kier alpha value is -3.02. The molecule has 0 bridgehead atoms. The molecule has 2 rings (SSSR count). The first kappa shape index (κ1) is 19.3. The molecule has 0 aliphatic carbocycles. The minimum Gasteiger partial charge on any atom is -0.497 e. The lowest BCUT2D eigenvalue weighted by Gasteiger charge is -2.12. The predicted octanol–water partition coefficient (Wildman–Crippen LogP) is 3.08. The van der Waals surface area contributed by atoms with Gasteiger partial charge < -0.3 is 20.1 Å². The van der Waals surface area contributed by atoms with Gasteiger partial charge in [-0.05, 0) is 29.2 Å². The zero-order valence-corrected chi connectivity index (χ0v) is 15.5. The Labute approximate surface area is 153 Å². The number of carbonyl (C=O) groups is 2. The molecule has 0 aromatic heterocycles. The van der Waals surface area contributed by atoms with Crippen LogP contribution in [0.2, 0.25) is 0 Å². The van der Waals surface area contributed by atoms with Crippen molar-refractivity contribution in [2.45, 2.75) is 26.3 Å². The molecule has 0 radical (unpaired) electrons. The molecule has 0 aliphatic rings. The first-order valence-corrected chi connectivity index (χ1v) is 8.34. The summed E-state index contributed by atoms with van der Waals surface area (Å²) in [5.74, 6) is -0.0524.